The van der Waals surface area contributed by atoms with Crippen molar-refractivity contribution >= 4 is 6.29 Å². The molecule has 1 aliphatic carbocycles. The molecule has 0 bridgehead atoms. The van der Waals surface area contributed by atoms with Gasteiger partial charge < -0.3 is 0 Å². The summed E-state index contributed by atoms with van der Waals surface area (Å²) in [4.78, 5) is 10.6. The van der Waals surface area contributed by atoms with Gasteiger partial charge in [0.05, 0.1) is 5.92 Å². The second-order valence-corrected chi connectivity index (χ2v) is 3.42. The smallest absolute Gasteiger partial charge is 0.298 e. The van der Waals surface area contributed by atoms with Gasteiger partial charge in [-0.1, -0.05) is 11.6 Å². The quantitative estimate of drug-likeness (QED) is 0.600. The standard InChI is InChI=1S/C10H11F3O/c1-6-3-4-9(10(11,12)13)8(5-14)7(6)2/h3,5,9H,4H2,1-2H3. The van der Waals surface area contributed by atoms with E-state index in [1.165, 1.54) is 6.08 Å². The molecule has 0 saturated heterocycles. The van der Waals surface area contributed by atoms with E-state index in [0.717, 1.165) is 5.57 Å². The van der Waals surface area contributed by atoms with E-state index in [1.54, 1.807) is 13.8 Å². The predicted molar refractivity (Wildman–Crippen MR) is 46.7 cm³/mol. The summed E-state index contributed by atoms with van der Waals surface area (Å²) in [5.41, 5.74) is 1.08. The molecule has 0 radical (unpaired) electrons. The minimum atomic E-state index is -4.32. The summed E-state index contributed by atoms with van der Waals surface area (Å²) in [6, 6.07) is 0. The highest BCUT2D eigenvalue weighted by Crippen LogP contribution is 2.39. The van der Waals surface area contributed by atoms with Crippen molar-refractivity contribution in [2.75, 3.05) is 0 Å². The SMILES string of the molecule is CC1=CCC(C(F)(F)F)C(C=O)=C1C. The third-order valence-corrected chi connectivity index (χ3v) is 2.58. The van der Waals surface area contributed by atoms with Crippen LogP contribution in [0.1, 0.15) is 20.3 Å². The van der Waals surface area contributed by atoms with Crippen LogP contribution in [0.15, 0.2) is 22.8 Å². The van der Waals surface area contributed by atoms with Crippen LogP contribution in [0.4, 0.5) is 13.2 Å². The average molecular weight is 204 g/mol. The summed E-state index contributed by atoms with van der Waals surface area (Å²) in [5, 5.41) is 0. The highest BCUT2D eigenvalue weighted by molar-refractivity contribution is 5.78. The van der Waals surface area contributed by atoms with Crippen molar-refractivity contribution in [1.82, 2.24) is 0 Å². The van der Waals surface area contributed by atoms with Crippen LogP contribution >= 0.6 is 0 Å². The maximum atomic E-state index is 12.5. The van der Waals surface area contributed by atoms with Gasteiger partial charge >= 0.3 is 6.18 Å². The normalized spacial score (nSPS) is 23.5. The Labute approximate surface area is 80.3 Å². The Morgan fingerprint density at radius 1 is 1.43 bits per heavy atom. The van der Waals surface area contributed by atoms with Gasteiger partial charge in [-0.2, -0.15) is 13.2 Å². The molecular weight excluding hydrogens is 193 g/mol. The van der Waals surface area contributed by atoms with Crippen LogP contribution in [-0.2, 0) is 4.79 Å². The first-order valence-electron chi connectivity index (χ1n) is 4.27. The second kappa shape index (κ2) is 3.59. The van der Waals surface area contributed by atoms with Crippen LogP contribution < -0.4 is 0 Å². The molecule has 78 valence electrons. The van der Waals surface area contributed by atoms with Gasteiger partial charge in [-0.25, -0.2) is 0 Å². The molecule has 1 nitrogen and oxygen atoms in total. The Bertz CT molecular complexity index is 310. The second-order valence-electron chi connectivity index (χ2n) is 3.42. The monoisotopic (exact) mass is 204 g/mol. The van der Waals surface area contributed by atoms with Gasteiger partial charge in [-0.05, 0) is 25.8 Å². The first kappa shape index (κ1) is 11.0. The van der Waals surface area contributed by atoms with Crippen LogP contribution in [0.3, 0.4) is 0 Å². The Hall–Kier alpha value is -1.06. The zero-order valence-corrected chi connectivity index (χ0v) is 7.98. The first-order valence-corrected chi connectivity index (χ1v) is 4.27. The number of carbonyl (C=O) groups is 1. The van der Waals surface area contributed by atoms with Gasteiger partial charge in [0.25, 0.3) is 0 Å². The molecule has 0 heterocycles. The van der Waals surface area contributed by atoms with Crippen molar-refractivity contribution in [2.24, 2.45) is 5.92 Å². The van der Waals surface area contributed by atoms with E-state index in [-0.39, 0.29) is 12.0 Å². The molecule has 0 N–H and O–H groups in total. The molecule has 0 fully saturated rings. The van der Waals surface area contributed by atoms with Gasteiger partial charge in [-0.3, -0.25) is 4.79 Å². The van der Waals surface area contributed by atoms with E-state index in [4.69, 9.17) is 0 Å². The average Bonchev–Trinajstić information content (AvgIpc) is 2.07. The van der Waals surface area contributed by atoms with Crippen molar-refractivity contribution < 1.29 is 18.0 Å². The lowest BCUT2D eigenvalue weighted by atomic mass is 9.84. The zero-order chi connectivity index (χ0) is 10.9. The van der Waals surface area contributed by atoms with Crippen LogP contribution in [-0.4, -0.2) is 12.5 Å². The molecule has 1 aliphatic rings. The van der Waals surface area contributed by atoms with Crippen molar-refractivity contribution in [1.29, 1.82) is 0 Å². The number of carbonyl (C=O) groups excluding carboxylic acids is 1. The third kappa shape index (κ3) is 1.89. The fourth-order valence-corrected chi connectivity index (χ4v) is 1.54. The van der Waals surface area contributed by atoms with E-state index >= 15 is 0 Å². The summed E-state index contributed by atoms with van der Waals surface area (Å²) in [5.74, 6) is -1.62. The molecule has 4 heteroatoms. The third-order valence-electron chi connectivity index (χ3n) is 2.58. The van der Waals surface area contributed by atoms with Crippen LogP contribution in [0.2, 0.25) is 0 Å². The van der Waals surface area contributed by atoms with Gasteiger partial charge in [-0.15, -0.1) is 0 Å². The molecule has 0 aromatic heterocycles. The van der Waals surface area contributed by atoms with E-state index in [9.17, 15) is 18.0 Å². The Morgan fingerprint density at radius 2 is 2.00 bits per heavy atom. The highest BCUT2D eigenvalue weighted by atomic mass is 19.4. The number of alkyl halides is 3. The number of hydrogen-bond acceptors (Lipinski definition) is 1. The Kier molecular flexibility index (Phi) is 2.83. The van der Waals surface area contributed by atoms with Crippen LogP contribution in [0, 0.1) is 5.92 Å². The van der Waals surface area contributed by atoms with E-state index in [0.29, 0.717) is 11.9 Å². The molecule has 0 saturated carbocycles. The highest BCUT2D eigenvalue weighted by Gasteiger charge is 2.43. The molecule has 1 atom stereocenters. The molecule has 1 rings (SSSR count). The Balaban J connectivity index is 3.12. The summed E-state index contributed by atoms with van der Waals surface area (Å²) < 4.78 is 37.4. The molecule has 14 heavy (non-hydrogen) atoms. The lowest BCUT2D eigenvalue weighted by Gasteiger charge is -2.25. The fraction of sp³-hybridized carbons (Fsp3) is 0.500. The van der Waals surface area contributed by atoms with Crippen molar-refractivity contribution in [3.05, 3.63) is 22.8 Å². The van der Waals surface area contributed by atoms with Gasteiger partial charge in [0.2, 0.25) is 0 Å². The van der Waals surface area contributed by atoms with Gasteiger partial charge in [0.15, 0.2) is 0 Å². The fourth-order valence-electron chi connectivity index (χ4n) is 1.54. The van der Waals surface area contributed by atoms with E-state index < -0.39 is 12.1 Å². The van der Waals surface area contributed by atoms with Crippen LogP contribution in [0.5, 0.6) is 0 Å². The zero-order valence-electron chi connectivity index (χ0n) is 7.98. The number of allylic oxidation sites excluding steroid dienone is 4. The topological polar surface area (TPSA) is 17.1 Å². The Morgan fingerprint density at radius 3 is 2.43 bits per heavy atom. The van der Waals surface area contributed by atoms with E-state index in [1.807, 2.05) is 0 Å². The summed E-state index contributed by atoms with van der Waals surface area (Å²) >= 11 is 0. The maximum Gasteiger partial charge on any atom is 0.396 e. The van der Waals surface area contributed by atoms with Gasteiger partial charge in [0.1, 0.15) is 6.29 Å². The van der Waals surface area contributed by atoms with Crippen LogP contribution in [0.25, 0.3) is 0 Å². The van der Waals surface area contributed by atoms with Gasteiger partial charge in [0, 0.05) is 5.57 Å². The largest absolute Gasteiger partial charge is 0.396 e. The molecule has 0 aromatic rings. The lowest BCUT2D eigenvalue weighted by Crippen LogP contribution is -2.27. The first-order chi connectivity index (χ1) is 6.38. The lowest BCUT2D eigenvalue weighted by molar-refractivity contribution is -0.164. The minimum absolute atomic E-state index is 0.124. The number of hydrogen-bond donors (Lipinski definition) is 0. The molecule has 0 aliphatic heterocycles. The number of rotatable bonds is 1. The van der Waals surface area contributed by atoms with E-state index in [2.05, 4.69) is 0 Å². The van der Waals surface area contributed by atoms with Crippen molar-refractivity contribution in [2.45, 2.75) is 26.4 Å². The predicted octanol–water partition coefficient (Wildman–Crippen LogP) is 3.03. The van der Waals surface area contributed by atoms with Crippen molar-refractivity contribution in [3.8, 4) is 0 Å². The molecule has 0 amide bonds. The summed E-state index contributed by atoms with van der Waals surface area (Å²) in [6.07, 6.45) is -2.60. The number of halogens is 3. The molecule has 0 spiro atoms. The molecule has 1 unspecified atom stereocenters. The summed E-state index contributed by atoms with van der Waals surface area (Å²) in [6.45, 7) is 3.26. The minimum Gasteiger partial charge on any atom is -0.298 e. The maximum absolute atomic E-state index is 12.5. The number of aldehydes is 1. The summed E-state index contributed by atoms with van der Waals surface area (Å²) in [7, 11) is 0. The van der Waals surface area contributed by atoms with Crippen molar-refractivity contribution in [3.63, 3.8) is 0 Å². The molecule has 0 aromatic carbocycles. The molecular formula is C10H11F3O.